The molecule has 1 fully saturated rings. The molecular formula is C78H105ClN18O13. The Labute approximate surface area is 644 Å². The molecule has 1 saturated heterocycles. The summed E-state index contributed by atoms with van der Waals surface area (Å²) in [4.78, 5) is 166. The number of unbranched alkanes of at least 4 members (excludes halogenated alkanes) is 1. The van der Waals surface area contributed by atoms with Gasteiger partial charge < -0.3 is 95.4 Å². The van der Waals surface area contributed by atoms with E-state index in [1.54, 1.807) is 62.5 Å². The number of aromatic amines is 1. The van der Waals surface area contributed by atoms with Crippen LogP contribution in [0.5, 0.6) is 5.75 Å². The number of hydrogen-bond acceptors (Lipinski definition) is 15. The van der Waals surface area contributed by atoms with Gasteiger partial charge in [0.05, 0.1) is 6.61 Å². The molecule has 32 heteroatoms. The Kier molecular flexibility index (Phi) is 33.6. The van der Waals surface area contributed by atoms with Crippen LogP contribution in [0.25, 0.3) is 21.7 Å². The average molecular weight is 1540 g/mol. The molecule has 0 bridgehead atoms. The van der Waals surface area contributed by atoms with Gasteiger partial charge in [-0.25, -0.2) is 0 Å². The molecule has 11 amide bonds. The first-order valence-corrected chi connectivity index (χ1v) is 37.6. The van der Waals surface area contributed by atoms with Crippen LogP contribution in [0.3, 0.4) is 0 Å². The first-order chi connectivity index (χ1) is 52.6. The van der Waals surface area contributed by atoms with Crippen LogP contribution >= 0.6 is 11.6 Å². The number of carbonyl (C=O) groups is 11. The number of aromatic nitrogens is 1. The fourth-order valence-electron chi connectivity index (χ4n) is 12.8. The number of nitrogens with zero attached hydrogens (tertiary/aromatic N) is 2. The predicted octanol–water partition coefficient (Wildman–Crippen LogP) is 1.88. The van der Waals surface area contributed by atoms with Gasteiger partial charge in [-0.15, -0.1) is 0 Å². The van der Waals surface area contributed by atoms with Gasteiger partial charge in [-0.2, -0.15) is 0 Å². The second-order valence-electron chi connectivity index (χ2n) is 27.7. The minimum Gasteiger partial charge on any atom is -0.508 e. The van der Waals surface area contributed by atoms with E-state index in [1.807, 2.05) is 62.4 Å². The number of aliphatic hydroxyl groups excluding tert-OH is 1. The van der Waals surface area contributed by atoms with Crippen LogP contribution in [0.4, 0.5) is 0 Å². The van der Waals surface area contributed by atoms with Gasteiger partial charge in [-0.1, -0.05) is 110 Å². The number of aliphatic hydroxyl groups is 1. The van der Waals surface area contributed by atoms with Crippen molar-refractivity contribution in [2.45, 2.75) is 179 Å². The second-order valence-corrected chi connectivity index (χ2v) is 28.2. The number of rotatable bonds is 41. The van der Waals surface area contributed by atoms with Gasteiger partial charge in [0.2, 0.25) is 65.0 Å². The largest absolute Gasteiger partial charge is 0.508 e. The molecule has 0 aliphatic carbocycles. The van der Waals surface area contributed by atoms with Crippen molar-refractivity contribution in [1.82, 2.24) is 73.7 Å². The first kappa shape index (κ1) is 85.9. The van der Waals surface area contributed by atoms with Gasteiger partial charge in [0.1, 0.15) is 66.2 Å². The second kappa shape index (κ2) is 43.0. The summed E-state index contributed by atoms with van der Waals surface area (Å²) >= 11 is 6.28. The number of phenolic OH excluding ortho intramolecular Hbond substituents is 1. The van der Waals surface area contributed by atoms with E-state index in [2.05, 4.69) is 73.8 Å². The molecule has 10 atom stereocenters. The van der Waals surface area contributed by atoms with Crippen LogP contribution in [0.15, 0.2) is 126 Å². The predicted molar refractivity (Wildman–Crippen MR) is 418 cm³/mol. The molecule has 1 aliphatic rings. The molecule has 0 spiro atoms. The van der Waals surface area contributed by atoms with Gasteiger partial charge in [0.25, 0.3) is 0 Å². The summed E-state index contributed by atoms with van der Waals surface area (Å²) in [6, 6.07) is 19.0. The molecule has 110 heavy (non-hydrogen) atoms. The number of guanidine groups is 2. The Balaban J connectivity index is 1.17. The third-order valence-corrected chi connectivity index (χ3v) is 18.8. The molecule has 31 nitrogen and oxygen atoms in total. The molecule has 1 aromatic heterocycles. The fourth-order valence-corrected chi connectivity index (χ4v) is 13.0. The highest BCUT2D eigenvalue weighted by atomic mass is 35.5. The number of likely N-dealkylation sites (tertiary alicyclic amines) is 1. The number of fused-ring (bicyclic) bond motifs is 2. The number of aromatic hydroxyl groups is 1. The molecule has 20 N–H and O–H groups in total. The van der Waals surface area contributed by atoms with Crippen molar-refractivity contribution in [2.24, 2.45) is 22.4 Å². The highest BCUT2D eigenvalue weighted by molar-refractivity contribution is 6.30. The number of amides is 11. The van der Waals surface area contributed by atoms with Crippen LogP contribution in [0.2, 0.25) is 5.02 Å². The van der Waals surface area contributed by atoms with E-state index >= 15 is 19.2 Å². The number of para-hydroxylation sites is 1. The Morgan fingerprint density at radius 2 is 1.09 bits per heavy atom. The van der Waals surface area contributed by atoms with E-state index in [-0.39, 0.29) is 101 Å². The van der Waals surface area contributed by atoms with Gasteiger partial charge in [-0.3, -0.25) is 63.1 Å². The Bertz CT molecular complexity index is 4190. The number of aliphatic imine (C=N–C) groups is 1. The lowest BCUT2D eigenvalue weighted by Crippen LogP contribution is -2.61. The molecule has 1 aliphatic heterocycles. The van der Waals surface area contributed by atoms with Gasteiger partial charge in [-0.05, 0) is 141 Å². The Morgan fingerprint density at radius 3 is 1.69 bits per heavy atom. The van der Waals surface area contributed by atoms with Crippen LogP contribution in [-0.4, -0.2) is 197 Å². The highest BCUT2D eigenvalue weighted by Gasteiger charge is 2.40. The van der Waals surface area contributed by atoms with Crippen LogP contribution in [-0.2, 0) is 78.4 Å². The maximum atomic E-state index is 15.2. The number of benzene rings is 5. The van der Waals surface area contributed by atoms with E-state index in [9.17, 15) is 43.8 Å². The zero-order valence-corrected chi connectivity index (χ0v) is 63.7. The average Bonchev–Trinajstić information content (AvgIpc) is 1.20. The number of primary amides is 1. The monoisotopic (exact) mass is 1540 g/mol. The summed E-state index contributed by atoms with van der Waals surface area (Å²) in [6.07, 6.45) is 2.52. The van der Waals surface area contributed by atoms with E-state index in [4.69, 9.17) is 28.5 Å². The number of halogens is 1. The number of carbonyl (C=O) groups excluding carboxylic acids is 11. The number of phenols is 1. The number of H-pyrrole nitrogens is 1. The van der Waals surface area contributed by atoms with Crippen molar-refractivity contribution in [2.75, 3.05) is 39.3 Å². The van der Waals surface area contributed by atoms with E-state index in [0.717, 1.165) is 10.8 Å². The summed E-state index contributed by atoms with van der Waals surface area (Å²) < 4.78 is 0. The maximum Gasteiger partial charge on any atom is 0.245 e. The molecule has 2 heterocycles. The van der Waals surface area contributed by atoms with Crippen molar-refractivity contribution in [3.8, 4) is 5.75 Å². The lowest BCUT2D eigenvalue weighted by atomic mass is 9.99. The van der Waals surface area contributed by atoms with Crippen molar-refractivity contribution >= 4 is 110 Å². The quantitative estimate of drug-likeness (QED) is 0.0148. The number of hydrogen-bond donors (Lipinski definition) is 18. The lowest BCUT2D eigenvalue weighted by Gasteiger charge is -2.31. The van der Waals surface area contributed by atoms with Crippen molar-refractivity contribution in [3.05, 3.63) is 149 Å². The van der Waals surface area contributed by atoms with Gasteiger partial charge >= 0.3 is 0 Å². The number of nitrogens with one attached hydrogen (secondary N) is 14. The Morgan fingerprint density at radius 1 is 0.582 bits per heavy atom. The molecule has 0 unspecified atom stereocenters. The molecule has 6 aromatic rings. The third-order valence-electron chi connectivity index (χ3n) is 18.5. The van der Waals surface area contributed by atoms with Gasteiger partial charge in [0.15, 0.2) is 11.9 Å². The zero-order chi connectivity index (χ0) is 80.0. The molecule has 592 valence electrons. The smallest absolute Gasteiger partial charge is 0.245 e. The minimum atomic E-state index is -1.83. The van der Waals surface area contributed by atoms with Crippen LogP contribution in [0.1, 0.15) is 115 Å². The molecular weight excluding hydrogens is 1430 g/mol. The number of nitrogens with two attached hydrogens (primary N) is 2. The fraction of sp³-hybridized carbons (Fsp3) is 0.449. The van der Waals surface area contributed by atoms with Crippen molar-refractivity contribution < 1.29 is 63.0 Å². The van der Waals surface area contributed by atoms with Crippen LogP contribution in [0, 0.1) is 11.3 Å². The van der Waals surface area contributed by atoms with E-state index in [1.165, 1.54) is 43.0 Å². The molecule has 0 saturated carbocycles. The summed E-state index contributed by atoms with van der Waals surface area (Å²) in [5, 5.41) is 65.6. The molecule has 5 aromatic carbocycles. The SMILES string of the molecule is CCNC(=NCCCC[C@H](NC(=O)[C@H](Cc1ccc(O)cc1)NC(=O)[C@H](CO)NC(=O)[C@H](Cc1c[nH]c2ccccc12)NC(=O)[C@@H](Cc1ccc(Cl)cc1)NC(=O)[C@@H](Cc1ccc2ccccc2c1)NC(C)=O)C(=O)N[C@@H](CC(C)C)C(=O)N[C@@H](CCCNC(=N)N)C(=O)N1CCC[C@H]1C(=O)N[C@@H](C)C(N)=O)NCC. The normalized spacial score (nSPS) is 15.0. The van der Waals surface area contributed by atoms with Crippen LogP contribution < -0.4 is 75.3 Å². The molecule has 7 rings (SSSR count). The lowest BCUT2D eigenvalue weighted by molar-refractivity contribution is -0.142. The topological polar surface area (TPSA) is 480 Å². The highest BCUT2D eigenvalue weighted by Crippen LogP contribution is 2.24. The molecule has 0 radical (unpaired) electrons. The summed E-state index contributed by atoms with van der Waals surface area (Å²) in [7, 11) is 0. The summed E-state index contributed by atoms with van der Waals surface area (Å²) in [5.41, 5.74) is 13.9. The van der Waals surface area contributed by atoms with E-state index in [0.29, 0.717) is 70.1 Å². The van der Waals surface area contributed by atoms with Crippen molar-refractivity contribution in [1.29, 1.82) is 5.41 Å². The minimum absolute atomic E-state index is 0.0114. The standard InChI is InChI=1S/C78H105ClN18O13/c1-7-83-78(84-8-2)86-34-14-13-21-58(68(102)92-60(37-45(3)4)69(103)91-59(22-15-35-85-77(81)82)76(110)97-36-16-23-66(97)75(109)88-46(5)67(80)101)90-71(105)62(40-49-27-32-55(100)33-28-49)94-74(108)65(44-98)96-73(107)64(42-53-43-87-57-20-12-11-19-56(53)57)95-72(106)63(39-48-25-30-54(79)31-26-48)93-70(104)61(89-47(6)99)41-50-24-29-51-17-9-10-18-52(51)38-50/h9-12,17-20,24-33,38,43,45-46,58-66,87,98,100H,7-8,13-16,21-23,34-37,39-42,44H2,1-6H3,(H2,80,101)(H,88,109)(H,89,99)(H,90,105)(H,91,103)(H,92,102)(H,93,104)(H,94,108)(H,95,106)(H,96,107)(H4,81,82,85)(H2,83,84,86)/t46-,58-,59-,60-,61+,62-,63+,64-,65-,66-/m0/s1. The third kappa shape index (κ3) is 26.8. The summed E-state index contributed by atoms with van der Waals surface area (Å²) in [6.45, 7) is 10.8. The maximum absolute atomic E-state index is 15.2. The van der Waals surface area contributed by atoms with Gasteiger partial charge in [0, 0.05) is 87.5 Å². The summed E-state index contributed by atoms with van der Waals surface area (Å²) in [5.74, 6) is -8.90. The first-order valence-electron chi connectivity index (χ1n) is 37.2. The Hall–Kier alpha value is -11.3. The zero-order valence-electron chi connectivity index (χ0n) is 62.9. The van der Waals surface area contributed by atoms with E-state index < -0.39 is 132 Å². The van der Waals surface area contributed by atoms with Crippen molar-refractivity contribution in [3.63, 3.8) is 0 Å².